The number of aryl methyl sites for hydroxylation is 2. The molecule has 3 N–H and O–H groups in total. The number of fused-ring (bicyclic) bond motifs is 1. The number of anilines is 3. The number of benzene rings is 3. The number of alkyl halides is 3. The van der Waals surface area contributed by atoms with Crippen LogP contribution in [0.15, 0.2) is 61.1 Å². The molecule has 3 aromatic carbocycles. The highest BCUT2D eigenvalue weighted by Crippen LogP contribution is 2.45. The molecule has 13 heteroatoms. The number of rotatable bonds is 10. The molecule has 47 heavy (non-hydrogen) atoms. The summed E-state index contributed by atoms with van der Waals surface area (Å²) < 4.78 is 48.9. The number of aromatic nitrogens is 4. The van der Waals surface area contributed by atoms with Crippen LogP contribution in [0.4, 0.5) is 30.5 Å². The molecule has 5 rings (SSSR count). The lowest BCUT2D eigenvalue weighted by Gasteiger charge is -2.24. The highest BCUT2D eigenvalue weighted by Gasteiger charge is 2.32. The number of nitrogens with two attached hydrogens (primary N) is 1. The van der Waals surface area contributed by atoms with Crippen LogP contribution in [0.3, 0.4) is 0 Å². The van der Waals surface area contributed by atoms with Gasteiger partial charge in [-0.1, -0.05) is 6.07 Å². The first-order valence-electron chi connectivity index (χ1n) is 14.9. The van der Waals surface area contributed by atoms with E-state index in [2.05, 4.69) is 20.4 Å². The molecule has 2 heterocycles. The van der Waals surface area contributed by atoms with Gasteiger partial charge in [0.2, 0.25) is 5.95 Å². The minimum Gasteiger partial charge on any atom is -0.495 e. The molecule has 0 bridgehead atoms. The van der Waals surface area contributed by atoms with Crippen LogP contribution in [-0.2, 0) is 13.2 Å². The Bertz CT molecular complexity index is 1940. The summed E-state index contributed by atoms with van der Waals surface area (Å²) in [5.74, 6) is -0.0453. The summed E-state index contributed by atoms with van der Waals surface area (Å²) in [5, 5.41) is 7.86. The van der Waals surface area contributed by atoms with Gasteiger partial charge >= 0.3 is 6.18 Å². The van der Waals surface area contributed by atoms with E-state index >= 15 is 0 Å². The lowest BCUT2D eigenvalue weighted by molar-refractivity contribution is -0.137. The van der Waals surface area contributed by atoms with Gasteiger partial charge in [0, 0.05) is 60.9 Å². The molecule has 0 radical (unpaired) electrons. The Morgan fingerprint density at radius 1 is 1.04 bits per heavy atom. The van der Waals surface area contributed by atoms with Crippen molar-refractivity contribution in [2.75, 3.05) is 57.3 Å². The van der Waals surface area contributed by atoms with Crippen molar-refractivity contribution in [1.29, 1.82) is 0 Å². The van der Waals surface area contributed by atoms with Gasteiger partial charge in [-0.3, -0.25) is 9.48 Å². The summed E-state index contributed by atoms with van der Waals surface area (Å²) in [6, 6.07) is 10.5. The highest BCUT2D eigenvalue weighted by atomic mass is 19.4. The van der Waals surface area contributed by atoms with E-state index in [1.165, 1.54) is 6.07 Å². The van der Waals surface area contributed by atoms with E-state index < -0.39 is 17.6 Å². The summed E-state index contributed by atoms with van der Waals surface area (Å²) in [4.78, 5) is 26.2. The first kappa shape index (κ1) is 33.2. The van der Waals surface area contributed by atoms with E-state index in [-0.39, 0.29) is 11.5 Å². The normalized spacial score (nSPS) is 11.7. The van der Waals surface area contributed by atoms with Crippen LogP contribution in [0.5, 0.6) is 5.75 Å². The largest absolute Gasteiger partial charge is 0.495 e. The zero-order valence-electron chi connectivity index (χ0n) is 27.1. The summed E-state index contributed by atoms with van der Waals surface area (Å²) in [6.07, 6.45) is 1.33. The van der Waals surface area contributed by atoms with Gasteiger partial charge in [-0.05, 0) is 81.5 Å². The third-order valence-corrected chi connectivity index (χ3v) is 7.91. The Balaban J connectivity index is 1.58. The summed E-state index contributed by atoms with van der Waals surface area (Å²) >= 11 is 0. The molecular weight excluding hydrogens is 609 g/mol. The van der Waals surface area contributed by atoms with Gasteiger partial charge in [-0.2, -0.15) is 18.3 Å². The Morgan fingerprint density at radius 2 is 1.81 bits per heavy atom. The minimum atomic E-state index is -4.61. The summed E-state index contributed by atoms with van der Waals surface area (Å²) in [5.41, 5.74) is 10.1. The Hall–Kier alpha value is -5.17. The fraction of sp³-hybridized carbons (Fsp3) is 0.294. The van der Waals surface area contributed by atoms with Crippen molar-refractivity contribution in [3.8, 4) is 28.0 Å². The summed E-state index contributed by atoms with van der Waals surface area (Å²) in [6.45, 7) is 3.26. The number of halogens is 3. The van der Waals surface area contributed by atoms with Gasteiger partial charge in [-0.25, -0.2) is 9.97 Å². The Morgan fingerprint density at radius 3 is 2.47 bits per heavy atom. The third kappa shape index (κ3) is 7.14. The Kier molecular flexibility index (Phi) is 9.38. The van der Waals surface area contributed by atoms with Crippen molar-refractivity contribution in [2.24, 2.45) is 7.05 Å². The van der Waals surface area contributed by atoms with Crippen LogP contribution in [0.25, 0.3) is 33.2 Å². The molecule has 0 saturated heterocycles. The van der Waals surface area contributed by atoms with Gasteiger partial charge in [-0.15, -0.1) is 0 Å². The van der Waals surface area contributed by atoms with Crippen LogP contribution in [0.1, 0.15) is 27.9 Å². The molecule has 0 aliphatic heterocycles. The molecule has 10 nitrogen and oxygen atoms in total. The van der Waals surface area contributed by atoms with Crippen LogP contribution in [0.2, 0.25) is 0 Å². The van der Waals surface area contributed by atoms with E-state index in [0.29, 0.717) is 45.7 Å². The molecule has 0 aliphatic carbocycles. The highest BCUT2D eigenvalue weighted by molar-refractivity contribution is 6.09. The lowest BCUT2D eigenvalue weighted by atomic mass is 9.93. The van der Waals surface area contributed by atoms with Crippen molar-refractivity contribution < 1.29 is 22.7 Å². The quantitative estimate of drug-likeness (QED) is 0.183. The van der Waals surface area contributed by atoms with Gasteiger partial charge in [0.05, 0.1) is 35.5 Å². The average Bonchev–Trinajstić information content (AvgIpc) is 3.45. The monoisotopic (exact) mass is 646 g/mol. The molecule has 1 amide bonds. The Labute approximate surface area is 271 Å². The second-order valence-corrected chi connectivity index (χ2v) is 11.7. The second kappa shape index (κ2) is 13.3. The number of nitrogens with zero attached hydrogens (tertiary/aromatic N) is 6. The van der Waals surface area contributed by atoms with Gasteiger partial charge in [0.1, 0.15) is 5.75 Å². The second-order valence-electron chi connectivity index (χ2n) is 11.7. The smallest absolute Gasteiger partial charge is 0.416 e. The van der Waals surface area contributed by atoms with E-state index in [4.69, 9.17) is 10.5 Å². The molecule has 0 saturated carbocycles. The molecule has 246 valence electrons. The number of nitrogens with one attached hydrogen (secondary N) is 1. The standard InChI is InChI=1S/C34H37F3N8O2/c1-20-8-10-24(41-32(46)27-15-23(34(35,36)37)9-11-28(27)44(4)13-7-12-43(2)3)16-25(20)26-14-21-17-39-33(38)42-30(21)29(31(26)47-6)22-18-40-45(5)19-22/h8-11,14-19H,7,12-13H2,1-6H3,(H,41,46)(H2,38,39,42). The molecular formula is C34H37F3N8O2. The molecule has 0 aliphatic rings. The van der Waals surface area contributed by atoms with Gasteiger partial charge in [0.25, 0.3) is 5.91 Å². The summed E-state index contributed by atoms with van der Waals surface area (Å²) in [7, 11) is 9.02. The van der Waals surface area contributed by atoms with Gasteiger partial charge in [0.15, 0.2) is 0 Å². The van der Waals surface area contributed by atoms with Crippen LogP contribution in [0, 0.1) is 6.92 Å². The maximum absolute atomic E-state index is 13.7. The maximum Gasteiger partial charge on any atom is 0.416 e. The van der Waals surface area contributed by atoms with Crippen molar-refractivity contribution >= 4 is 34.1 Å². The fourth-order valence-electron chi connectivity index (χ4n) is 5.56. The molecule has 0 atom stereocenters. The molecule has 5 aromatic rings. The third-order valence-electron chi connectivity index (χ3n) is 7.91. The average molecular weight is 647 g/mol. The van der Waals surface area contributed by atoms with Crippen molar-refractivity contribution in [2.45, 2.75) is 19.5 Å². The predicted octanol–water partition coefficient (Wildman–Crippen LogP) is 6.26. The SMILES string of the molecule is COc1c(-c2cc(NC(=O)c3cc(C(F)(F)F)ccc3N(C)CCCN(C)C)ccc2C)cc2cnc(N)nc2c1-c1cnn(C)c1. The van der Waals surface area contributed by atoms with Gasteiger partial charge < -0.3 is 25.6 Å². The van der Waals surface area contributed by atoms with Crippen LogP contribution >= 0.6 is 0 Å². The number of nitrogen functional groups attached to an aromatic ring is 1. The number of ether oxygens (including phenoxy) is 1. The van der Waals surface area contributed by atoms with E-state index in [1.807, 2.05) is 44.2 Å². The number of methoxy groups -OCH3 is 1. The van der Waals surface area contributed by atoms with Crippen molar-refractivity contribution in [3.63, 3.8) is 0 Å². The zero-order valence-corrected chi connectivity index (χ0v) is 27.1. The number of hydrogen-bond acceptors (Lipinski definition) is 8. The topological polar surface area (TPSA) is 114 Å². The van der Waals surface area contributed by atoms with Crippen LogP contribution < -0.4 is 20.7 Å². The first-order chi connectivity index (χ1) is 22.3. The minimum absolute atomic E-state index is 0.0776. The van der Waals surface area contributed by atoms with E-state index in [0.717, 1.165) is 41.8 Å². The first-order valence-corrected chi connectivity index (χ1v) is 14.9. The molecule has 2 aromatic heterocycles. The molecule has 0 spiro atoms. The fourth-order valence-corrected chi connectivity index (χ4v) is 5.56. The number of carbonyl (C=O) groups excluding carboxylic acids is 1. The lowest BCUT2D eigenvalue weighted by Crippen LogP contribution is -2.26. The number of amides is 1. The molecule has 0 unspecified atom stereocenters. The maximum atomic E-state index is 13.7. The molecule has 0 fully saturated rings. The zero-order chi connectivity index (χ0) is 34.0. The van der Waals surface area contributed by atoms with E-state index in [9.17, 15) is 18.0 Å². The predicted molar refractivity (Wildman–Crippen MR) is 179 cm³/mol. The van der Waals surface area contributed by atoms with Crippen LogP contribution in [-0.4, -0.2) is 71.9 Å². The van der Waals surface area contributed by atoms with Crippen molar-refractivity contribution in [1.82, 2.24) is 24.6 Å². The number of hydrogen-bond donors (Lipinski definition) is 2. The van der Waals surface area contributed by atoms with E-state index in [1.54, 1.807) is 55.3 Å². The number of carbonyl (C=O) groups is 1. The van der Waals surface area contributed by atoms with Crippen molar-refractivity contribution in [3.05, 3.63) is 77.7 Å².